The van der Waals surface area contributed by atoms with Gasteiger partial charge in [0.1, 0.15) is 12.4 Å². The number of hydrogen-bond donors (Lipinski definition) is 0. The van der Waals surface area contributed by atoms with E-state index >= 15 is 0 Å². The molecule has 4 heterocycles. The fourth-order valence-corrected chi connectivity index (χ4v) is 7.77. The van der Waals surface area contributed by atoms with Gasteiger partial charge in [-0.25, -0.2) is 13.2 Å². The van der Waals surface area contributed by atoms with E-state index in [0.29, 0.717) is 36.0 Å². The highest BCUT2D eigenvalue weighted by Crippen LogP contribution is 2.47. The minimum absolute atomic E-state index is 0.0552. The maximum Gasteiger partial charge on any atom is 0.409 e. The van der Waals surface area contributed by atoms with E-state index in [0.717, 1.165) is 37.0 Å². The first kappa shape index (κ1) is 23.7. The van der Waals surface area contributed by atoms with E-state index < -0.39 is 10.0 Å². The summed E-state index contributed by atoms with van der Waals surface area (Å²) in [6.45, 7) is 1.96. The Morgan fingerprint density at radius 1 is 1.24 bits per heavy atom. The van der Waals surface area contributed by atoms with Crippen molar-refractivity contribution in [3.63, 3.8) is 0 Å². The summed E-state index contributed by atoms with van der Waals surface area (Å²) in [6.07, 6.45) is 5.45. The van der Waals surface area contributed by atoms with Crippen molar-refractivity contribution in [2.75, 3.05) is 26.7 Å². The van der Waals surface area contributed by atoms with Crippen LogP contribution in [-0.2, 0) is 21.3 Å². The first-order valence-electron chi connectivity index (χ1n) is 11.8. The lowest BCUT2D eigenvalue weighted by Crippen LogP contribution is -2.49. The van der Waals surface area contributed by atoms with Crippen LogP contribution in [0.25, 0.3) is 0 Å². The van der Waals surface area contributed by atoms with Gasteiger partial charge in [-0.1, -0.05) is 11.6 Å². The summed E-state index contributed by atoms with van der Waals surface area (Å²) in [5.41, 5.74) is 0.752. The third kappa shape index (κ3) is 4.46. The molecule has 1 aromatic carbocycles. The lowest BCUT2D eigenvalue weighted by Gasteiger charge is -2.38. The highest BCUT2D eigenvalue weighted by Gasteiger charge is 2.48. The number of benzene rings is 1. The summed E-state index contributed by atoms with van der Waals surface area (Å²) in [7, 11) is -1.60. The highest BCUT2D eigenvalue weighted by atomic mass is 35.5. The number of rotatable bonds is 5. The van der Waals surface area contributed by atoms with Crippen LogP contribution in [0.15, 0.2) is 45.9 Å². The fraction of sp³-hybridized carbons (Fsp3) is 0.542. The van der Waals surface area contributed by atoms with Crippen LogP contribution in [0.4, 0.5) is 4.79 Å². The zero-order valence-corrected chi connectivity index (χ0v) is 20.8. The van der Waals surface area contributed by atoms with Crippen molar-refractivity contribution in [2.24, 2.45) is 0 Å². The quantitative estimate of drug-likeness (QED) is 0.601. The Bertz CT molecular complexity index is 1140. The van der Waals surface area contributed by atoms with Crippen LogP contribution >= 0.6 is 11.6 Å². The first-order chi connectivity index (χ1) is 16.3. The van der Waals surface area contributed by atoms with Crippen molar-refractivity contribution < 1.29 is 22.4 Å². The van der Waals surface area contributed by atoms with Crippen LogP contribution in [0.5, 0.6) is 0 Å². The van der Waals surface area contributed by atoms with Gasteiger partial charge in [0.05, 0.1) is 29.8 Å². The predicted molar refractivity (Wildman–Crippen MR) is 127 cm³/mol. The predicted octanol–water partition coefficient (Wildman–Crippen LogP) is 4.26. The molecule has 0 N–H and O–H groups in total. The summed E-state index contributed by atoms with van der Waals surface area (Å²) < 4.78 is 39.2. The third-order valence-corrected chi connectivity index (χ3v) is 9.50. The second kappa shape index (κ2) is 9.53. The molecule has 0 radical (unpaired) electrons. The number of fused-ring (bicyclic) bond motifs is 3. The van der Waals surface area contributed by atoms with Crippen molar-refractivity contribution >= 4 is 27.7 Å². The first-order valence-corrected chi connectivity index (χ1v) is 13.6. The maximum absolute atomic E-state index is 13.3. The monoisotopic (exact) mass is 507 g/mol. The largest absolute Gasteiger partial charge is 0.468 e. The van der Waals surface area contributed by atoms with E-state index in [1.165, 1.54) is 0 Å². The molecule has 2 saturated heterocycles. The van der Waals surface area contributed by atoms with Crippen molar-refractivity contribution in [3.8, 4) is 0 Å². The highest BCUT2D eigenvalue weighted by molar-refractivity contribution is 7.89. The number of piperidine rings is 2. The number of furan rings is 1. The number of hydrogen-bond acceptors (Lipinski definition) is 6. The molecule has 184 valence electrons. The zero-order valence-electron chi connectivity index (χ0n) is 19.2. The topological polar surface area (TPSA) is 83.3 Å². The summed E-state index contributed by atoms with van der Waals surface area (Å²) in [5, 5.41) is 0.529. The van der Waals surface area contributed by atoms with Crippen LogP contribution < -0.4 is 0 Å². The van der Waals surface area contributed by atoms with Crippen molar-refractivity contribution in [1.82, 2.24) is 14.1 Å². The Balaban J connectivity index is 1.21. The molecule has 0 aliphatic carbocycles. The molecule has 8 nitrogen and oxygen atoms in total. The van der Waals surface area contributed by atoms with Gasteiger partial charge in [0.15, 0.2) is 0 Å². The number of likely N-dealkylation sites (N-methyl/N-ethyl adjacent to an activating group) is 1. The molecule has 10 heteroatoms. The van der Waals surface area contributed by atoms with Crippen molar-refractivity contribution in [1.29, 1.82) is 0 Å². The normalized spacial score (nSPS) is 26.3. The zero-order chi connectivity index (χ0) is 23.9. The number of sulfonamides is 1. The van der Waals surface area contributed by atoms with Crippen LogP contribution in [0.1, 0.15) is 49.5 Å². The number of amides is 1. The lowest BCUT2D eigenvalue weighted by molar-refractivity contribution is 0.0458. The van der Waals surface area contributed by atoms with E-state index in [4.69, 9.17) is 20.8 Å². The number of carbonyl (C=O) groups excluding carboxylic acids is 1. The van der Waals surface area contributed by atoms with Gasteiger partial charge in [0, 0.05) is 24.2 Å². The number of likely N-dealkylation sites (tertiary alicyclic amines) is 1. The molecule has 2 fully saturated rings. The average molecular weight is 508 g/mol. The Hall–Kier alpha value is -2.07. The maximum atomic E-state index is 13.3. The molecular weight excluding hydrogens is 478 g/mol. The van der Waals surface area contributed by atoms with E-state index in [2.05, 4.69) is 4.90 Å². The molecule has 2 aromatic rings. The number of ether oxygens (including phenoxy) is 1. The Morgan fingerprint density at radius 3 is 2.88 bits per heavy atom. The van der Waals surface area contributed by atoms with Gasteiger partial charge in [-0.3, -0.25) is 4.90 Å². The molecule has 3 aliphatic heterocycles. The molecule has 0 bridgehead atoms. The SMILES string of the molecule is CN(Cc1ccco1)C1CCCN(C(=O)OC[C@H]2CCC[C@H]3c4cc(Cl)ccc4S(=O)(=O)N23)C1. The van der Waals surface area contributed by atoms with Gasteiger partial charge in [-0.2, -0.15) is 4.31 Å². The van der Waals surface area contributed by atoms with Crippen molar-refractivity contribution in [3.05, 3.63) is 52.9 Å². The van der Waals surface area contributed by atoms with E-state index in [1.54, 1.807) is 33.7 Å². The Labute approximate surface area is 205 Å². The van der Waals surface area contributed by atoms with Crippen molar-refractivity contribution in [2.45, 2.75) is 61.7 Å². The molecule has 34 heavy (non-hydrogen) atoms. The van der Waals surface area contributed by atoms with E-state index in [9.17, 15) is 13.2 Å². The molecule has 0 spiro atoms. The van der Waals surface area contributed by atoms with Gasteiger partial charge in [-0.15, -0.1) is 0 Å². The van der Waals surface area contributed by atoms with E-state index in [1.807, 2.05) is 19.2 Å². The summed E-state index contributed by atoms with van der Waals surface area (Å²) >= 11 is 6.15. The summed E-state index contributed by atoms with van der Waals surface area (Å²) in [4.78, 5) is 17.2. The minimum Gasteiger partial charge on any atom is -0.468 e. The Kier molecular flexibility index (Phi) is 6.63. The van der Waals surface area contributed by atoms with Gasteiger partial charge in [0.25, 0.3) is 0 Å². The molecule has 3 aliphatic rings. The molecular formula is C24H30ClN3O5S. The van der Waals surface area contributed by atoms with Crippen LogP contribution in [0.3, 0.4) is 0 Å². The smallest absolute Gasteiger partial charge is 0.409 e. The molecule has 1 amide bonds. The minimum atomic E-state index is -3.64. The number of nitrogens with zero attached hydrogens (tertiary/aromatic N) is 3. The number of carbonyl (C=O) groups is 1. The van der Waals surface area contributed by atoms with Gasteiger partial charge < -0.3 is 14.1 Å². The molecule has 3 atom stereocenters. The second-order valence-electron chi connectivity index (χ2n) is 9.43. The summed E-state index contributed by atoms with van der Waals surface area (Å²) in [5.74, 6) is 0.892. The van der Waals surface area contributed by atoms with Crippen LogP contribution in [0.2, 0.25) is 5.02 Å². The van der Waals surface area contributed by atoms with E-state index in [-0.39, 0.29) is 30.8 Å². The van der Waals surface area contributed by atoms with Gasteiger partial charge in [0.2, 0.25) is 10.0 Å². The fourth-order valence-electron chi connectivity index (χ4n) is 5.51. The average Bonchev–Trinajstić information content (AvgIpc) is 3.42. The molecule has 5 rings (SSSR count). The van der Waals surface area contributed by atoms with Gasteiger partial charge >= 0.3 is 6.09 Å². The third-order valence-electron chi connectivity index (χ3n) is 7.23. The second-order valence-corrected chi connectivity index (χ2v) is 11.7. The van der Waals surface area contributed by atoms with Crippen LogP contribution in [-0.4, -0.2) is 67.4 Å². The molecule has 1 aromatic heterocycles. The lowest BCUT2D eigenvalue weighted by atomic mass is 9.94. The molecule has 1 unspecified atom stereocenters. The van der Waals surface area contributed by atoms with Crippen LogP contribution in [0, 0.1) is 0 Å². The molecule has 0 saturated carbocycles. The summed E-state index contributed by atoms with van der Waals surface area (Å²) in [6, 6.07) is 8.36. The van der Waals surface area contributed by atoms with Gasteiger partial charge in [-0.05, 0) is 75.0 Å². The standard InChI is InChI=1S/C24H30ClN3O5S/c1-26(15-20-7-4-12-32-20)18-6-3-11-27(14-18)24(29)33-16-19-5-2-8-22-21-13-17(25)9-10-23(21)34(30,31)28(19)22/h4,7,9-10,12-13,18-19,22H,2-3,5-6,8,11,14-16H2,1H3/t18?,19-,22+/m1/s1. The number of halogens is 1. The Morgan fingerprint density at radius 2 is 2.09 bits per heavy atom.